The molecule has 3 N–H and O–H groups in total. The molecule has 2 amide bonds. The van der Waals surface area contributed by atoms with Crippen LogP contribution < -0.4 is 11.1 Å². The molecule has 0 aliphatic carbocycles. The second-order valence-electron chi connectivity index (χ2n) is 4.46. The number of carbonyl (C=O) groups excluding carboxylic acids is 2. The van der Waals surface area contributed by atoms with E-state index in [1.54, 1.807) is 0 Å². The van der Waals surface area contributed by atoms with Crippen molar-refractivity contribution in [2.45, 2.75) is 25.7 Å². The fourth-order valence-electron chi connectivity index (χ4n) is 1.51. The number of hydrogen-bond donors (Lipinski definition) is 2. The molecule has 4 heteroatoms. The molecular formula is C13H18N2O2. The van der Waals surface area contributed by atoms with E-state index in [2.05, 4.69) is 5.32 Å². The molecule has 0 aliphatic rings. The molecule has 0 aliphatic heterocycles. The fraction of sp³-hybridized carbons (Fsp3) is 0.385. The molecule has 0 spiro atoms. The Labute approximate surface area is 101 Å². The van der Waals surface area contributed by atoms with E-state index in [1.165, 1.54) is 0 Å². The Morgan fingerprint density at radius 3 is 2.35 bits per heavy atom. The molecule has 0 saturated carbocycles. The van der Waals surface area contributed by atoms with Gasteiger partial charge in [0.2, 0.25) is 11.8 Å². The summed E-state index contributed by atoms with van der Waals surface area (Å²) in [5.41, 5.74) is 5.34. The summed E-state index contributed by atoms with van der Waals surface area (Å²) in [6.45, 7) is 3.98. The molecule has 1 rings (SSSR count). The van der Waals surface area contributed by atoms with Crippen LogP contribution in [0.2, 0.25) is 0 Å². The van der Waals surface area contributed by atoms with E-state index in [0.717, 1.165) is 5.56 Å². The second-order valence-corrected chi connectivity index (χ2v) is 4.46. The van der Waals surface area contributed by atoms with Crippen LogP contribution in [0.5, 0.6) is 0 Å². The molecule has 1 aromatic carbocycles. The van der Waals surface area contributed by atoms with Crippen LogP contribution >= 0.6 is 0 Å². The summed E-state index contributed by atoms with van der Waals surface area (Å²) < 4.78 is 0. The van der Waals surface area contributed by atoms with Crippen molar-refractivity contribution in [3.05, 3.63) is 35.9 Å². The average Bonchev–Trinajstić information content (AvgIpc) is 2.29. The first kappa shape index (κ1) is 13.2. The lowest BCUT2D eigenvalue weighted by atomic mass is 9.84. The Morgan fingerprint density at radius 1 is 1.24 bits per heavy atom. The summed E-state index contributed by atoms with van der Waals surface area (Å²) in [6, 6.07) is 9.52. The minimum atomic E-state index is -0.612. The molecular weight excluding hydrogens is 216 g/mol. The van der Waals surface area contributed by atoms with Gasteiger partial charge in [-0.3, -0.25) is 9.59 Å². The monoisotopic (exact) mass is 234 g/mol. The Hall–Kier alpha value is -1.84. The number of amides is 2. The van der Waals surface area contributed by atoms with Crippen molar-refractivity contribution in [3.8, 4) is 0 Å². The minimum absolute atomic E-state index is 0.107. The lowest BCUT2D eigenvalue weighted by molar-refractivity contribution is -0.125. The quantitative estimate of drug-likeness (QED) is 0.796. The molecule has 1 aromatic rings. The van der Waals surface area contributed by atoms with Crippen molar-refractivity contribution >= 4 is 11.8 Å². The highest BCUT2D eigenvalue weighted by Crippen LogP contribution is 2.22. The SMILES string of the molecule is CC(C)(C(=O)NCCC(N)=O)c1ccccc1. The van der Waals surface area contributed by atoms with Gasteiger partial charge in [-0.15, -0.1) is 0 Å². The Kier molecular flexibility index (Phi) is 4.26. The average molecular weight is 234 g/mol. The van der Waals surface area contributed by atoms with Crippen molar-refractivity contribution in [1.82, 2.24) is 5.32 Å². The molecule has 0 fully saturated rings. The summed E-state index contributed by atoms with van der Waals surface area (Å²) in [6.07, 6.45) is 0.163. The molecule has 92 valence electrons. The van der Waals surface area contributed by atoms with E-state index in [9.17, 15) is 9.59 Å². The van der Waals surface area contributed by atoms with Crippen LogP contribution in [0.25, 0.3) is 0 Å². The number of nitrogens with one attached hydrogen (secondary N) is 1. The Balaban J connectivity index is 2.64. The Morgan fingerprint density at radius 2 is 1.82 bits per heavy atom. The maximum absolute atomic E-state index is 12.0. The molecule has 0 bridgehead atoms. The standard InChI is InChI=1S/C13H18N2O2/c1-13(2,10-6-4-3-5-7-10)12(17)15-9-8-11(14)16/h3-7H,8-9H2,1-2H3,(H2,14,16)(H,15,17). The maximum Gasteiger partial charge on any atom is 0.230 e. The van der Waals surface area contributed by atoms with Crippen molar-refractivity contribution in [2.24, 2.45) is 5.73 Å². The lowest BCUT2D eigenvalue weighted by Gasteiger charge is -2.24. The van der Waals surface area contributed by atoms with Crippen molar-refractivity contribution in [2.75, 3.05) is 6.54 Å². The van der Waals surface area contributed by atoms with Crippen LogP contribution in [-0.2, 0) is 15.0 Å². The van der Waals surface area contributed by atoms with Crippen LogP contribution in [0.4, 0.5) is 0 Å². The summed E-state index contributed by atoms with van der Waals surface area (Å²) in [5, 5.41) is 2.71. The second kappa shape index (κ2) is 5.48. The normalized spacial score (nSPS) is 10.9. The predicted octanol–water partition coefficient (Wildman–Crippen LogP) is 0.956. The fourth-order valence-corrected chi connectivity index (χ4v) is 1.51. The summed E-state index contributed by atoms with van der Waals surface area (Å²) >= 11 is 0. The van der Waals surface area contributed by atoms with Gasteiger partial charge in [0, 0.05) is 13.0 Å². The highest BCUT2D eigenvalue weighted by Gasteiger charge is 2.29. The van der Waals surface area contributed by atoms with Crippen LogP contribution in [0, 0.1) is 0 Å². The largest absolute Gasteiger partial charge is 0.370 e. The van der Waals surface area contributed by atoms with E-state index in [4.69, 9.17) is 5.73 Å². The van der Waals surface area contributed by atoms with E-state index in [1.807, 2.05) is 44.2 Å². The van der Waals surface area contributed by atoms with Crippen LogP contribution in [0.3, 0.4) is 0 Å². The molecule has 0 aromatic heterocycles. The van der Waals surface area contributed by atoms with E-state index in [-0.39, 0.29) is 18.9 Å². The highest BCUT2D eigenvalue weighted by molar-refractivity contribution is 5.87. The third-order valence-corrected chi connectivity index (χ3v) is 2.72. The van der Waals surface area contributed by atoms with Gasteiger partial charge < -0.3 is 11.1 Å². The third kappa shape index (κ3) is 3.59. The van der Waals surface area contributed by atoms with E-state index < -0.39 is 11.3 Å². The zero-order valence-electron chi connectivity index (χ0n) is 10.2. The van der Waals surface area contributed by atoms with Crippen LogP contribution in [0.1, 0.15) is 25.8 Å². The summed E-state index contributed by atoms with van der Waals surface area (Å²) in [7, 11) is 0. The van der Waals surface area contributed by atoms with Gasteiger partial charge in [0.15, 0.2) is 0 Å². The molecule has 0 radical (unpaired) electrons. The molecule has 17 heavy (non-hydrogen) atoms. The predicted molar refractivity (Wildman–Crippen MR) is 66.3 cm³/mol. The lowest BCUT2D eigenvalue weighted by Crippen LogP contribution is -2.41. The highest BCUT2D eigenvalue weighted by atomic mass is 16.2. The van der Waals surface area contributed by atoms with Gasteiger partial charge in [0.05, 0.1) is 5.41 Å². The van der Waals surface area contributed by atoms with Crippen molar-refractivity contribution < 1.29 is 9.59 Å². The number of carbonyl (C=O) groups is 2. The van der Waals surface area contributed by atoms with Crippen LogP contribution in [0.15, 0.2) is 30.3 Å². The molecule has 0 atom stereocenters. The van der Waals surface area contributed by atoms with Gasteiger partial charge in [-0.2, -0.15) is 0 Å². The van der Waals surface area contributed by atoms with Gasteiger partial charge in [-0.1, -0.05) is 30.3 Å². The van der Waals surface area contributed by atoms with Crippen molar-refractivity contribution in [3.63, 3.8) is 0 Å². The van der Waals surface area contributed by atoms with Gasteiger partial charge in [0.1, 0.15) is 0 Å². The molecule has 4 nitrogen and oxygen atoms in total. The molecule has 0 unspecified atom stereocenters. The van der Waals surface area contributed by atoms with Gasteiger partial charge in [-0.05, 0) is 19.4 Å². The molecule has 0 saturated heterocycles. The number of nitrogens with two attached hydrogens (primary N) is 1. The first-order valence-electron chi connectivity index (χ1n) is 5.56. The van der Waals surface area contributed by atoms with Crippen LogP contribution in [-0.4, -0.2) is 18.4 Å². The van der Waals surface area contributed by atoms with Crippen molar-refractivity contribution in [1.29, 1.82) is 0 Å². The Bertz CT molecular complexity index is 399. The number of hydrogen-bond acceptors (Lipinski definition) is 2. The zero-order chi connectivity index (χ0) is 12.9. The third-order valence-electron chi connectivity index (χ3n) is 2.72. The molecule has 0 heterocycles. The number of rotatable bonds is 5. The van der Waals surface area contributed by atoms with Gasteiger partial charge >= 0.3 is 0 Å². The van der Waals surface area contributed by atoms with E-state index >= 15 is 0 Å². The van der Waals surface area contributed by atoms with Gasteiger partial charge in [-0.25, -0.2) is 0 Å². The first-order valence-corrected chi connectivity index (χ1v) is 5.56. The summed E-state index contributed by atoms with van der Waals surface area (Å²) in [5.74, 6) is -0.521. The van der Waals surface area contributed by atoms with Gasteiger partial charge in [0.25, 0.3) is 0 Å². The zero-order valence-corrected chi connectivity index (χ0v) is 10.2. The minimum Gasteiger partial charge on any atom is -0.370 e. The smallest absolute Gasteiger partial charge is 0.230 e. The topological polar surface area (TPSA) is 72.2 Å². The number of benzene rings is 1. The van der Waals surface area contributed by atoms with E-state index in [0.29, 0.717) is 0 Å². The first-order chi connectivity index (χ1) is 7.94. The maximum atomic E-state index is 12.0. The number of primary amides is 1. The summed E-state index contributed by atoms with van der Waals surface area (Å²) in [4.78, 5) is 22.6.